The first-order chi connectivity index (χ1) is 13.1. The molecule has 0 radical (unpaired) electrons. The van der Waals surface area contributed by atoms with E-state index in [-0.39, 0.29) is 18.3 Å². The lowest BCUT2D eigenvalue weighted by atomic mass is 10.1. The number of benzene rings is 2. The molecule has 4 nitrogen and oxygen atoms in total. The number of nitrogens with zero attached hydrogens (tertiary/aromatic N) is 1. The maximum absolute atomic E-state index is 12.6. The number of ketones is 1. The summed E-state index contributed by atoms with van der Waals surface area (Å²) in [5, 5.41) is 3.20. The van der Waals surface area contributed by atoms with Gasteiger partial charge in [0.1, 0.15) is 6.54 Å². The second kappa shape index (κ2) is 8.93. The molecule has 0 bridgehead atoms. The van der Waals surface area contributed by atoms with Crippen LogP contribution in [0.3, 0.4) is 0 Å². The van der Waals surface area contributed by atoms with Crippen molar-refractivity contribution < 1.29 is 14.3 Å². The molecule has 0 N–H and O–H groups in total. The lowest BCUT2D eigenvalue weighted by Crippen LogP contribution is -2.26. The van der Waals surface area contributed by atoms with Crippen molar-refractivity contribution in [2.75, 3.05) is 13.2 Å². The van der Waals surface area contributed by atoms with E-state index in [0.717, 1.165) is 11.3 Å². The smallest absolute Gasteiger partial charge is 0.325 e. The maximum Gasteiger partial charge on any atom is 0.325 e. The van der Waals surface area contributed by atoms with Crippen LogP contribution in [-0.2, 0) is 9.53 Å². The first-order valence-corrected chi connectivity index (χ1v) is 9.71. The van der Waals surface area contributed by atoms with Gasteiger partial charge in [0.2, 0.25) is 0 Å². The molecular formula is C21H18ClNO3S. The molecule has 2 aromatic carbocycles. The average Bonchev–Trinajstić information content (AvgIpc) is 3.05. The summed E-state index contributed by atoms with van der Waals surface area (Å²) in [6, 6.07) is 16.5. The van der Waals surface area contributed by atoms with E-state index in [2.05, 4.69) is 0 Å². The van der Waals surface area contributed by atoms with Crippen LogP contribution in [-0.4, -0.2) is 29.8 Å². The van der Waals surface area contributed by atoms with Crippen LogP contribution in [0.4, 0.5) is 0 Å². The molecule has 0 fully saturated rings. The number of carbonyl (C=O) groups excluding carboxylic acids is 2. The maximum atomic E-state index is 12.6. The molecule has 1 aliphatic heterocycles. The van der Waals surface area contributed by atoms with Gasteiger partial charge >= 0.3 is 5.97 Å². The summed E-state index contributed by atoms with van der Waals surface area (Å²) in [5.41, 5.74) is 2.37. The Balaban J connectivity index is 1.88. The molecule has 27 heavy (non-hydrogen) atoms. The molecule has 1 heterocycles. The second-order valence-electron chi connectivity index (χ2n) is 5.73. The third-order valence-corrected chi connectivity index (χ3v) is 5.07. The van der Waals surface area contributed by atoms with Gasteiger partial charge in [-0.2, -0.15) is 0 Å². The Bertz CT molecular complexity index is 891. The molecular weight excluding hydrogens is 382 g/mol. The van der Waals surface area contributed by atoms with Gasteiger partial charge in [-0.1, -0.05) is 53.7 Å². The highest BCUT2D eigenvalue weighted by atomic mass is 35.5. The van der Waals surface area contributed by atoms with Crippen molar-refractivity contribution in [1.82, 2.24) is 4.90 Å². The number of ether oxygens (including phenoxy) is 1. The summed E-state index contributed by atoms with van der Waals surface area (Å²) in [4.78, 5) is 26.5. The number of rotatable bonds is 6. The SMILES string of the molecule is CCOC(=O)CN1C(c2ccccc2)=CS/C1=C\C(=O)c1ccc(Cl)cc1. The predicted molar refractivity (Wildman–Crippen MR) is 109 cm³/mol. The molecule has 138 valence electrons. The number of halogens is 1. The third kappa shape index (κ3) is 4.81. The standard InChI is InChI=1S/C21H18ClNO3S/c1-2-26-21(25)13-23-18(15-6-4-3-5-7-15)14-27-20(23)12-19(24)16-8-10-17(22)11-9-16/h3-12,14H,2,13H2,1H3/b20-12-. The van der Waals surface area contributed by atoms with E-state index >= 15 is 0 Å². The van der Waals surface area contributed by atoms with Gasteiger partial charge in [-0.3, -0.25) is 9.59 Å². The van der Waals surface area contributed by atoms with Crippen molar-refractivity contribution in [2.24, 2.45) is 0 Å². The molecule has 0 aliphatic carbocycles. The molecule has 0 saturated heterocycles. The Labute approximate surface area is 167 Å². The molecule has 0 atom stereocenters. The number of esters is 1. The zero-order valence-corrected chi connectivity index (χ0v) is 16.3. The van der Waals surface area contributed by atoms with Crippen molar-refractivity contribution in [3.05, 3.63) is 87.3 Å². The number of allylic oxidation sites excluding steroid dienone is 1. The van der Waals surface area contributed by atoms with Crippen LogP contribution in [0.15, 0.2) is 71.1 Å². The normalized spacial score (nSPS) is 15.0. The molecule has 0 spiro atoms. The van der Waals surface area contributed by atoms with Crippen molar-refractivity contribution in [3.63, 3.8) is 0 Å². The molecule has 0 amide bonds. The summed E-state index contributed by atoms with van der Waals surface area (Å²) in [7, 11) is 0. The van der Waals surface area contributed by atoms with Crippen LogP contribution in [0.5, 0.6) is 0 Å². The van der Waals surface area contributed by atoms with E-state index in [1.165, 1.54) is 11.8 Å². The minimum absolute atomic E-state index is 0.0430. The molecule has 0 unspecified atom stereocenters. The minimum Gasteiger partial charge on any atom is -0.465 e. The van der Waals surface area contributed by atoms with Crippen molar-refractivity contribution in [2.45, 2.75) is 6.92 Å². The number of carbonyl (C=O) groups is 2. The summed E-state index contributed by atoms with van der Waals surface area (Å²) in [6.45, 7) is 2.12. The van der Waals surface area contributed by atoms with E-state index in [0.29, 0.717) is 22.2 Å². The first-order valence-electron chi connectivity index (χ1n) is 8.45. The van der Waals surface area contributed by atoms with Gasteiger partial charge < -0.3 is 9.64 Å². The van der Waals surface area contributed by atoms with Crippen LogP contribution in [0.1, 0.15) is 22.8 Å². The fraction of sp³-hybridized carbons (Fsp3) is 0.143. The van der Waals surface area contributed by atoms with Gasteiger partial charge in [-0.25, -0.2) is 0 Å². The van der Waals surface area contributed by atoms with Crippen molar-refractivity contribution >= 4 is 40.8 Å². The fourth-order valence-corrected chi connectivity index (χ4v) is 3.70. The number of hydrogen-bond acceptors (Lipinski definition) is 5. The Morgan fingerprint density at radius 3 is 2.48 bits per heavy atom. The van der Waals surface area contributed by atoms with Gasteiger partial charge in [0.15, 0.2) is 5.78 Å². The predicted octanol–water partition coefficient (Wildman–Crippen LogP) is 4.97. The van der Waals surface area contributed by atoms with E-state index in [1.807, 2.05) is 40.6 Å². The van der Waals surface area contributed by atoms with Gasteiger partial charge in [0.05, 0.1) is 17.3 Å². The zero-order chi connectivity index (χ0) is 19.2. The molecule has 3 rings (SSSR count). The molecule has 6 heteroatoms. The first kappa shape index (κ1) is 19.3. The fourth-order valence-electron chi connectivity index (χ4n) is 2.62. The number of hydrogen-bond donors (Lipinski definition) is 0. The van der Waals surface area contributed by atoms with E-state index < -0.39 is 0 Å². The lowest BCUT2D eigenvalue weighted by molar-refractivity contribution is -0.143. The zero-order valence-electron chi connectivity index (χ0n) is 14.7. The Morgan fingerprint density at radius 2 is 1.81 bits per heavy atom. The highest BCUT2D eigenvalue weighted by Crippen LogP contribution is 2.39. The monoisotopic (exact) mass is 399 g/mol. The second-order valence-corrected chi connectivity index (χ2v) is 7.06. The van der Waals surface area contributed by atoms with Crippen LogP contribution < -0.4 is 0 Å². The molecule has 1 aliphatic rings. The summed E-state index contributed by atoms with van der Waals surface area (Å²) in [5.74, 6) is -0.489. The van der Waals surface area contributed by atoms with Crippen molar-refractivity contribution in [1.29, 1.82) is 0 Å². The molecule has 2 aromatic rings. The average molecular weight is 400 g/mol. The minimum atomic E-state index is -0.341. The summed E-state index contributed by atoms with van der Waals surface area (Å²) < 4.78 is 5.10. The largest absolute Gasteiger partial charge is 0.465 e. The van der Waals surface area contributed by atoms with E-state index in [4.69, 9.17) is 16.3 Å². The van der Waals surface area contributed by atoms with E-state index in [1.54, 1.807) is 37.3 Å². The molecule has 0 saturated carbocycles. The van der Waals surface area contributed by atoms with Crippen LogP contribution >= 0.6 is 23.4 Å². The van der Waals surface area contributed by atoms with Gasteiger partial charge in [-0.05, 0) is 36.8 Å². The Kier molecular flexibility index (Phi) is 6.37. The third-order valence-electron chi connectivity index (χ3n) is 3.89. The number of thioether (sulfide) groups is 1. The van der Waals surface area contributed by atoms with Gasteiger partial charge in [0.25, 0.3) is 0 Å². The quantitative estimate of drug-likeness (QED) is 0.389. The Morgan fingerprint density at radius 1 is 1.11 bits per heavy atom. The van der Waals surface area contributed by atoms with Crippen LogP contribution in [0.25, 0.3) is 5.70 Å². The highest BCUT2D eigenvalue weighted by molar-refractivity contribution is 8.06. The van der Waals surface area contributed by atoms with E-state index in [9.17, 15) is 9.59 Å². The Hall–Kier alpha value is -2.50. The van der Waals surface area contributed by atoms with Crippen LogP contribution in [0, 0.1) is 0 Å². The van der Waals surface area contributed by atoms with Crippen LogP contribution in [0.2, 0.25) is 5.02 Å². The summed E-state index contributed by atoms with van der Waals surface area (Å²) >= 11 is 7.29. The molecule has 0 aromatic heterocycles. The van der Waals surface area contributed by atoms with Crippen molar-refractivity contribution in [3.8, 4) is 0 Å². The van der Waals surface area contributed by atoms with Gasteiger partial charge in [-0.15, -0.1) is 0 Å². The lowest BCUT2D eigenvalue weighted by Gasteiger charge is -2.22. The topological polar surface area (TPSA) is 46.6 Å². The highest BCUT2D eigenvalue weighted by Gasteiger charge is 2.26. The van der Waals surface area contributed by atoms with Gasteiger partial charge in [0, 0.05) is 22.1 Å². The summed E-state index contributed by atoms with van der Waals surface area (Å²) in [6.07, 6.45) is 1.54.